The molecule has 1 aliphatic heterocycles. The molecule has 1 amide bonds. The number of hydrogen-bond acceptors (Lipinski definition) is 3. The van der Waals surface area contributed by atoms with Gasteiger partial charge in [0.05, 0.1) is 19.6 Å². The molecule has 0 aromatic heterocycles. The Morgan fingerprint density at radius 1 is 1.00 bits per heavy atom. The minimum atomic E-state index is 0.140. The van der Waals surface area contributed by atoms with Crippen molar-refractivity contribution in [3.8, 4) is 0 Å². The molecular formula is C21H26N2O2. The molecule has 1 saturated heterocycles. The normalized spacial score (nSPS) is 14.4. The number of anilines is 1. The van der Waals surface area contributed by atoms with Crippen molar-refractivity contribution in [1.29, 1.82) is 0 Å². The van der Waals surface area contributed by atoms with Gasteiger partial charge < -0.3 is 14.5 Å². The number of nitrogens with zero attached hydrogens (tertiary/aromatic N) is 2. The van der Waals surface area contributed by atoms with E-state index in [4.69, 9.17) is 4.74 Å². The largest absolute Gasteiger partial charge is 0.378 e. The predicted octanol–water partition coefficient (Wildman–Crippen LogP) is 3.03. The van der Waals surface area contributed by atoms with Crippen LogP contribution >= 0.6 is 0 Å². The Morgan fingerprint density at radius 3 is 2.24 bits per heavy atom. The van der Waals surface area contributed by atoms with E-state index < -0.39 is 0 Å². The van der Waals surface area contributed by atoms with Crippen LogP contribution in [-0.2, 0) is 22.5 Å². The molecule has 2 aromatic carbocycles. The molecule has 1 heterocycles. The van der Waals surface area contributed by atoms with Crippen LogP contribution in [0.25, 0.3) is 0 Å². The minimum Gasteiger partial charge on any atom is -0.378 e. The van der Waals surface area contributed by atoms with Gasteiger partial charge in [-0.3, -0.25) is 4.79 Å². The number of carbonyl (C=O) groups excluding carboxylic acids is 1. The topological polar surface area (TPSA) is 32.8 Å². The summed E-state index contributed by atoms with van der Waals surface area (Å²) in [5.74, 6) is 0.140. The lowest BCUT2D eigenvalue weighted by atomic mass is 10.1. The lowest BCUT2D eigenvalue weighted by Gasteiger charge is -2.29. The summed E-state index contributed by atoms with van der Waals surface area (Å²) in [6.45, 7) is 6.14. The number of aryl methyl sites for hydroxylation is 1. The maximum Gasteiger partial charge on any atom is 0.227 e. The van der Waals surface area contributed by atoms with E-state index in [0.29, 0.717) is 13.0 Å². The molecular weight excluding hydrogens is 312 g/mol. The fourth-order valence-electron chi connectivity index (χ4n) is 3.01. The Labute approximate surface area is 150 Å². The molecule has 1 fully saturated rings. The summed E-state index contributed by atoms with van der Waals surface area (Å²) in [6.07, 6.45) is 0.447. The van der Waals surface area contributed by atoms with Gasteiger partial charge in [0.2, 0.25) is 5.91 Å². The molecule has 0 N–H and O–H groups in total. The molecule has 0 saturated carbocycles. The molecule has 4 heteroatoms. The third-order valence-electron chi connectivity index (χ3n) is 4.63. The van der Waals surface area contributed by atoms with E-state index in [1.54, 1.807) is 4.90 Å². The third-order valence-corrected chi connectivity index (χ3v) is 4.63. The van der Waals surface area contributed by atoms with E-state index in [1.807, 2.05) is 31.3 Å². The molecule has 0 bridgehead atoms. The van der Waals surface area contributed by atoms with Crippen molar-refractivity contribution < 1.29 is 9.53 Å². The molecule has 25 heavy (non-hydrogen) atoms. The Bertz CT molecular complexity index is 689. The van der Waals surface area contributed by atoms with Crippen LogP contribution in [-0.4, -0.2) is 44.2 Å². The van der Waals surface area contributed by atoms with Gasteiger partial charge in [0.15, 0.2) is 0 Å². The second kappa shape index (κ2) is 8.17. The molecule has 0 radical (unpaired) electrons. The lowest BCUT2D eigenvalue weighted by Crippen LogP contribution is -2.36. The standard InChI is InChI=1S/C21H26N2O2/c1-17-3-5-18(6-4-17)15-21(24)22(2)16-19-7-9-20(10-8-19)23-11-13-25-14-12-23/h3-10H,11-16H2,1-2H3. The van der Waals surface area contributed by atoms with Crippen LogP contribution in [0.5, 0.6) is 0 Å². The average Bonchev–Trinajstić information content (AvgIpc) is 2.65. The van der Waals surface area contributed by atoms with Gasteiger partial charge in [0.1, 0.15) is 0 Å². The first-order valence-corrected chi connectivity index (χ1v) is 8.83. The summed E-state index contributed by atoms with van der Waals surface area (Å²) in [6, 6.07) is 16.6. The zero-order chi connectivity index (χ0) is 17.6. The first kappa shape index (κ1) is 17.5. The molecule has 0 spiro atoms. The maximum atomic E-state index is 12.4. The number of morpholine rings is 1. The Morgan fingerprint density at radius 2 is 1.60 bits per heavy atom. The van der Waals surface area contributed by atoms with Crippen LogP contribution < -0.4 is 4.90 Å². The third kappa shape index (κ3) is 4.83. The fourth-order valence-corrected chi connectivity index (χ4v) is 3.01. The molecule has 3 rings (SSSR count). The summed E-state index contributed by atoms with van der Waals surface area (Å²) in [5.41, 5.74) is 4.65. The van der Waals surface area contributed by atoms with Crippen LogP contribution in [0.1, 0.15) is 16.7 Å². The van der Waals surface area contributed by atoms with Crippen molar-refractivity contribution in [1.82, 2.24) is 4.90 Å². The SMILES string of the molecule is Cc1ccc(CC(=O)N(C)Cc2ccc(N3CCOCC3)cc2)cc1. The van der Waals surface area contributed by atoms with Crippen molar-refractivity contribution in [2.75, 3.05) is 38.3 Å². The average molecular weight is 338 g/mol. The van der Waals surface area contributed by atoms with Gasteiger partial charge in [-0.15, -0.1) is 0 Å². The van der Waals surface area contributed by atoms with Crippen molar-refractivity contribution >= 4 is 11.6 Å². The maximum absolute atomic E-state index is 12.4. The molecule has 1 aliphatic rings. The van der Waals surface area contributed by atoms with Gasteiger partial charge >= 0.3 is 0 Å². The minimum absolute atomic E-state index is 0.140. The summed E-state index contributed by atoms with van der Waals surface area (Å²) in [4.78, 5) is 16.5. The van der Waals surface area contributed by atoms with E-state index in [2.05, 4.69) is 36.1 Å². The monoisotopic (exact) mass is 338 g/mol. The second-order valence-electron chi connectivity index (χ2n) is 6.68. The van der Waals surface area contributed by atoms with Gasteiger partial charge in [-0.2, -0.15) is 0 Å². The quantitative estimate of drug-likeness (QED) is 0.840. The first-order valence-electron chi connectivity index (χ1n) is 8.83. The summed E-state index contributed by atoms with van der Waals surface area (Å²) >= 11 is 0. The van der Waals surface area contributed by atoms with E-state index >= 15 is 0 Å². The van der Waals surface area contributed by atoms with Crippen LogP contribution in [0.3, 0.4) is 0 Å². The molecule has 2 aromatic rings. The Kier molecular flexibility index (Phi) is 5.71. The summed E-state index contributed by atoms with van der Waals surface area (Å²) in [5, 5.41) is 0. The van der Waals surface area contributed by atoms with Gasteiger partial charge in [-0.05, 0) is 30.2 Å². The molecule has 0 aliphatic carbocycles. The lowest BCUT2D eigenvalue weighted by molar-refractivity contribution is -0.129. The van der Waals surface area contributed by atoms with Crippen molar-refractivity contribution in [3.63, 3.8) is 0 Å². The summed E-state index contributed by atoms with van der Waals surface area (Å²) < 4.78 is 5.39. The van der Waals surface area contributed by atoms with E-state index in [9.17, 15) is 4.79 Å². The Balaban J connectivity index is 1.55. The number of carbonyl (C=O) groups is 1. The van der Waals surface area contributed by atoms with Crippen molar-refractivity contribution in [2.45, 2.75) is 19.9 Å². The molecule has 0 atom stereocenters. The number of ether oxygens (including phenoxy) is 1. The number of likely N-dealkylation sites (N-methyl/N-ethyl adjacent to an activating group) is 1. The van der Waals surface area contributed by atoms with E-state index in [1.165, 1.54) is 11.3 Å². The smallest absolute Gasteiger partial charge is 0.227 e. The van der Waals surface area contributed by atoms with Gasteiger partial charge in [0, 0.05) is 32.4 Å². The molecule has 4 nitrogen and oxygen atoms in total. The first-order chi connectivity index (χ1) is 12.1. The van der Waals surface area contributed by atoms with Crippen molar-refractivity contribution in [3.05, 3.63) is 65.2 Å². The highest BCUT2D eigenvalue weighted by atomic mass is 16.5. The van der Waals surface area contributed by atoms with Gasteiger partial charge in [-0.1, -0.05) is 42.0 Å². The highest BCUT2D eigenvalue weighted by Crippen LogP contribution is 2.17. The van der Waals surface area contributed by atoms with Crippen LogP contribution in [0.15, 0.2) is 48.5 Å². The molecule has 132 valence electrons. The summed E-state index contributed by atoms with van der Waals surface area (Å²) in [7, 11) is 1.87. The number of hydrogen-bond donors (Lipinski definition) is 0. The number of benzene rings is 2. The second-order valence-corrected chi connectivity index (χ2v) is 6.68. The van der Waals surface area contributed by atoms with Crippen LogP contribution in [0.2, 0.25) is 0 Å². The molecule has 0 unspecified atom stereocenters. The van der Waals surface area contributed by atoms with Gasteiger partial charge in [0.25, 0.3) is 0 Å². The zero-order valence-corrected chi connectivity index (χ0v) is 15.1. The number of amides is 1. The van der Waals surface area contributed by atoms with Crippen LogP contribution in [0.4, 0.5) is 5.69 Å². The van der Waals surface area contributed by atoms with Gasteiger partial charge in [-0.25, -0.2) is 0 Å². The van der Waals surface area contributed by atoms with Crippen LogP contribution in [0, 0.1) is 6.92 Å². The highest BCUT2D eigenvalue weighted by Gasteiger charge is 2.13. The fraction of sp³-hybridized carbons (Fsp3) is 0.381. The Hall–Kier alpha value is -2.33. The number of rotatable bonds is 5. The predicted molar refractivity (Wildman–Crippen MR) is 101 cm³/mol. The van der Waals surface area contributed by atoms with E-state index in [0.717, 1.165) is 37.4 Å². The van der Waals surface area contributed by atoms with E-state index in [-0.39, 0.29) is 5.91 Å². The zero-order valence-electron chi connectivity index (χ0n) is 15.1. The highest BCUT2D eigenvalue weighted by molar-refractivity contribution is 5.78. The van der Waals surface area contributed by atoms with Crippen molar-refractivity contribution in [2.24, 2.45) is 0 Å².